The van der Waals surface area contributed by atoms with Gasteiger partial charge in [-0.25, -0.2) is 9.78 Å². The van der Waals surface area contributed by atoms with Crippen LogP contribution in [-0.2, 0) is 0 Å². The average molecular weight is 337 g/mol. The van der Waals surface area contributed by atoms with Crippen LogP contribution in [0.25, 0.3) is 0 Å². The van der Waals surface area contributed by atoms with Crippen molar-refractivity contribution >= 4 is 6.03 Å². The maximum absolute atomic E-state index is 11.8. The molecule has 2 unspecified atom stereocenters. The van der Waals surface area contributed by atoms with Crippen molar-refractivity contribution in [1.29, 1.82) is 0 Å². The van der Waals surface area contributed by atoms with Gasteiger partial charge in [0, 0.05) is 29.8 Å². The summed E-state index contributed by atoms with van der Waals surface area (Å²) in [6.07, 6.45) is -0.896. The van der Waals surface area contributed by atoms with Crippen molar-refractivity contribution in [2.24, 2.45) is 5.41 Å². The largest absolute Gasteiger partial charge is 0.477 e. The molecule has 1 fully saturated rings. The topological polar surface area (TPSA) is 104 Å². The number of carbonyl (C=O) groups excluding carboxylic acids is 1. The summed E-state index contributed by atoms with van der Waals surface area (Å²) in [5, 5.41) is 25.4. The molecule has 0 spiro atoms. The van der Waals surface area contributed by atoms with Gasteiger partial charge in [-0.1, -0.05) is 6.07 Å². The predicted octanol–water partition coefficient (Wildman–Crippen LogP) is 0.978. The molecule has 0 saturated heterocycles. The number of rotatable bonds is 6. The van der Waals surface area contributed by atoms with Gasteiger partial charge < -0.3 is 25.6 Å². The number of aliphatic hydroxyl groups excluding tert-OH is 2. The van der Waals surface area contributed by atoms with Crippen molar-refractivity contribution in [3.63, 3.8) is 0 Å². The van der Waals surface area contributed by atoms with Gasteiger partial charge >= 0.3 is 6.03 Å². The Morgan fingerprint density at radius 3 is 2.62 bits per heavy atom. The highest BCUT2D eigenvalue weighted by molar-refractivity contribution is 5.74. The molecule has 7 nitrogen and oxygen atoms in total. The second-order valence-electron chi connectivity index (χ2n) is 6.93. The summed E-state index contributed by atoms with van der Waals surface area (Å²) in [4.78, 5) is 16.1. The number of carbonyl (C=O) groups is 1. The maximum Gasteiger partial charge on any atom is 0.315 e. The molecule has 1 aromatic rings. The van der Waals surface area contributed by atoms with Gasteiger partial charge in [-0.2, -0.15) is 0 Å². The van der Waals surface area contributed by atoms with E-state index in [9.17, 15) is 15.0 Å². The smallest absolute Gasteiger partial charge is 0.315 e. The molecule has 0 aromatic carbocycles. The molecule has 0 bridgehead atoms. The number of pyridine rings is 1. The van der Waals surface area contributed by atoms with Crippen LogP contribution in [0, 0.1) is 12.3 Å². The van der Waals surface area contributed by atoms with Crippen LogP contribution in [0.4, 0.5) is 4.79 Å². The third-order valence-electron chi connectivity index (χ3n) is 4.16. The van der Waals surface area contributed by atoms with E-state index in [1.165, 1.54) is 0 Å². The van der Waals surface area contributed by atoms with Crippen molar-refractivity contribution in [2.75, 3.05) is 13.2 Å². The number of hydrogen-bond acceptors (Lipinski definition) is 5. The number of amides is 2. The second-order valence-corrected chi connectivity index (χ2v) is 6.93. The van der Waals surface area contributed by atoms with E-state index >= 15 is 0 Å². The van der Waals surface area contributed by atoms with Crippen LogP contribution in [0.2, 0.25) is 0 Å². The predicted molar refractivity (Wildman–Crippen MR) is 89.8 cm³/mol. The molecule has 1 aliphatic rings. The molecule has 1 aromatic heterocycles. The lowest BCUT2D eigenvalue weighted by atomic mass is 9.86. The Morgan fingerprint density at radius 1 is 1.38 bits per heavy atom. The zero-order valence-electron chi connectivity index (χ0n) is 14.5. The van der Waals surface area contributed by atoms with Crippen LogP contribution in [0.1, 0.15) is 32.4 Å². The Hall–Kier alpha value is -1.86. The number of aromatic nitrogens is 1. The summed E-state index contributed by atoms with van der Waals surface area (Å²) in [7, 11) is 0. The fourth-order valence-electron chi connectivity index (χ4n) is 2.96. The molecule has 2 amide bonds. The van der Waals surface area contributed by atoms with Gasteiger partial charge in [-0.3, -0.25) is 0 Å². The highest BCUT2D eigenvalue weighted by atomic mass is 16.5. The molecule has 134 valence electrons. The lowest BCUT2D eigenvalue weighted by molar-refractivity contribution is 0.0438. The molecule has 0 aliphatic heterocycles. The van der Waals surface area contributed by atoms with E-state index in [4.69, 9.17) is 4.74 Å². The number of aryl methyl sites for hydroxylation is 1. The Labute approximate surface area is 142 Å². The normalized spacial score (nSPS) is 26.4. The minimum Gasteiger partial charge on any atom is -0.477 e. The first kappa shape index (κ1) is 18.5. The van der Waals surface area contributed by atoms with Crippen molar-refractivity contribution < 1.29 is 19.7 Å². The first-order chi connectivity index (χ1) is 11.3. The summed E-state index contributed by atoms with van der Waals surface area (Å²) in [6.45, 7) is 6.21. The molecule has 24 heavy (non-hydrogen) atoms. The lowest BCUT2D eigenvalue weighted by Crippen LogP contribution is -2.46. The SMILES string of the molecule is Cc1cccc(OCC2(CNC(=O)NC(C)C)CC(O)C(O)C2)n1. The molecule has 2 atom stereocenters. The monoisotopic (exact) mass is 337 g/mol. The summed E-state index contributed by atoms with van der Waals surface area (Å²) >= 11 is 0. The van der Waals surface area contributed by atoms with Crippen molar-refractivity contribution in [3.05, 3.63) is 23.9 Å². The number of nitrogens with one attached hydrogen (secondary N) is 2. The second kappa shape index (κ2) is 7.81. The Bertz CT molecular complexity index is 555. The van der Waals surface area contributed by atoms with Gasteiger partial charge in [-0.05, 0) is 39.7 Å². The van der Waals surface area contributed by atoms with Gasteiger partial charge in [0.1, 0.15) is 0 Å². The zero-order valence-corrected chi connectivity index (χ0v) is 14.5. The van der Waals surface area contributed by atoms with E-state index in [0.29, 0.717) is 25.3 Å². The zero-order chi connectivity index (χ0) is 17.7. The summed E-state index contributed by atoms with van der Waals surface area (Å²) in [5.41, 5.74) is 0.320. The van der Waals surface area contributed by atoms with Crippen LogP contribution in [0.5, 0.6) is 5.88 Å². The minimum absolute atomic E-state index is 0.0356. The number of aliphatic hydroxyl groups is 2. The van der Waals surface area contributed by atoms with E-state index in [0.717, 1.165) is 5.69 Å². The molecule has 0 radical (unpaired) electrons. The molecular formula is C17H27N3O4. The van der Waals surface area contributed by atoms with Crippen LogP contribution < -0.4 is 15.4 Å². The van der Waals surface area contributed by atoms with E-state index in [1.807, 2.05) is 32.9 Å². The van der Waals surface area contributed by atoms with Gasteiger partial charge in [0.05, 0.1) is 18.8 Å². The molecule has 1 aliphatic carbocycles. The average Bonchev–Trinajstić information content (AvgIpc) is 2.78. The van der Waals surface area contributed by atoms with Crippen molar-refractivity contribution in [2.45, 2.75) is 51.9 Å². The fraction of sp³-hybridized carbons (Fsp3) is 0.647. The number of ether oxygens (including phenoxy) is 1. The first-order valence-electron chi connectivity index (χ1n) is 8.27. The van der Waals surface area contributed by atoms with Gasteiger partial charge in [0.2, 0.25) is 5.88 Å². The summed E-state index contributed by atoms with van der Waals surface area (Å²) in [6, 6.07) is 5.27. The highest BCUT2D eigenvalue weighted by Crippen LogP contribution is 2.38. The highest BCUT2D eigenvalue weighted by Gasteiger charge is 2.45. The Kier molecular flexibility index (Phi) is 6.01. The number of nitrogens with zero attached hydrogens (tertiary/aromatic N) is 1. The van der Waals surface area contributed by atoms with Gasteiger partial charge in [0.25, 0.3) is 0 Å². The third kappa shape index (κ3) is 5.07. The van der Waals surface area contributed by atoms with Gasteiger partial charge in [0.15, 0.2) is 0 Å². The van der Waals surface area contributed by atoms with E-state index in [-0.39, 0.29) is 18.7 Å². The van der Waals surface area contributed by atoms with E-state index < -0.39 is 17.6 Å². The third-order valence-corrected chi connectivity index (χ3v) is 4.16. The molecule has 7 heteroatoms. The molecule has 1 heterocycles. The standard InChI is InChI=1S/C17H27N3O4/c1-11(2)19-16(23)18-9-17(7-13(21)14(22)8-17)10-24-15-6-4-5-12(3)20-15/h4-6,11,13-14,21-22H,7-10H2,1-3H3,(H2,18,19,23). The molecule has 2 rings (SSSR count). The lowest BCUT2D eigenvalue weighted by Gasteiger charge is -2.29. The Balaban J connectivity index is 2.00. The van der Waals surface area contributed by atoms with E-state index in [2.05, 4.69) is 15.6 Å². The van der Waals surface area contributed by atoms with Crippen LogP contribution in [0.15, 0.2) is 18.2 Å². The van der Waals surface area contributed by atoms with Crippen molar-refractivity contribution in [3.8, 4) is 5.88 Å². The quantitative estimate of drug-likeness (QED) is 0.619. The summed E-state index contributed by atoms with van der Waals surface area (Å²) in [5.74, 6) is 0.497. The minimum atomic E-state index is -0.811. The maximum atomic E-state index is 11.8. The summed E-state index contributed by atoms with van der Waals surface area (Å²) < 4.78 is 5.78. The van der Waals surface area contributed by atoms with Crippen LogP contribution in [-0.4, -0.2) is 52.6 Å². The van der Waals surface area contributed by atoms with E-state index in [1.54, 1.807) is 6.07 Å². The molecular weight excluding hydrogens is 310 g/mol. The van der Waals surface area contributed by atoms with Crippen LogP contribution >= 0.6 is 0 Å². The first-order valence-corrected chi connectivity index (χ1v) is 8.27. The van der Waals surface area contributed by atoms with Crippen LogP contribution in [0.3, 0.4) is 0 Å². The van der Waals surface area contributed by atoms with Crippen molar-refractivity contribution in [1.82, 2.24) is 15.6 Å². The van der Waals surface area contributed by atoms with Gasteiger partial charge in [-0.15, -0.1) is 0 Å². The number of urea groups is 1. The molecule has 4 N–H and O–H groups in total. The Morgan fingerprint density at radius 2 is 2.04 bits per heavy atom. The molecule has 1 saturated carbocycles. The number of hydrogen-bond donors (Lipinski definition) is 4. The fourth-order valence-corrected chi connectivity index (χ4v) is 2.96.